The van der Waals surface area contributed by atoms with Gasteiger partial charge in [-0.25, -0.2) is 13.2 Å². The molecule has 0 bridgehead atoms. The van der Waals surface area contributed by atoms with Gasteiger partial charge in [0, 0.05) is 18.9 Å². The SMILES string of the molecule is CC(C)(C(=O)NCc1ccncc1)C(=O)Nc1ccc(F)c(F)c1F. The predicted molar refractivity (Wildman–Crippen MR) is 84.8 cm³/mol. The maximum Gasteiger partial charge on any atom is 0.239 e. The maximum absolute atomic E-state index is 13.6. The molecule has 0 aliphatic rings. The average molecular weight is 351 g/mol. The first kappa shape index (κ1) is 18.4. The van der Waals surface area contributed by atoms with Crippen LogP contribution in [0, 0.1) is 22.9 Å². The quantitative estimate of drug-likeness (QED) is 0.643. The highest BCUT2D eigenvalue weighted by Gasteiger charge is 2.36. The highest BCUT2D eigenvalue weighted by atomic mass is 19.2. The van der Waals surface area contributed by atoms with Gasteiger partial charge in [-0.05, 0) is 43.7 Å². The topological polar surface area (TPSA) is 71.1 Å². The number of carbonyl (C=O) groups excluding carboxylic acids is 2. The standard InChI is InChI=1S/C17H16F3N3O2/c1-17(2,15(24)22-9-10-5-7-21-8-6-10)16(25)23-12-4-3-11(18)13(19)14(12)20/h3-8H,9H2,1-2H3,(H,22,24)(H,23,25). The number of pyridine rings is 1. The normalized spacial score (nSPS) is 11.1. The van der Waals surface area contributed by atoms with Crippen LogP contribution in [0.4, 0.5) is 18.9 Å². The van der Waals surface area contributed by atoms with E-state index in [0.717, 1.165) is 11.6 Å². The molecule has 8 heteroatoms. The lowest BCUT2D eigenvalue weighted by Crippen LogP contribution is -2.45. The van der Waals surface area contributed by atoms with Gasteiger partial charge in [0.15, 0.2) is 17.5 Å². The molecular formula is C17H16F3N3O2. The molecule has 2 aromatic rings. The smallest absolute Gasteiger partial charge is 0.239 e. The number of carbonyl (C=O) groups is 2. The molecule has 0 aliphatic heterocycles. The Bertz CT molecular complexity index is 795. The Labute approximate surface area is 142 Å². The summed E-state index contributed by atoms with van der Waals surface area (Å²) in [7, 11) is 0. The van der Waals surface area contributed by atoms with Gasteiger partial charge in [0.25, 0.3) is 0 Å². The minimum atomic E-state index is -1.70. The molecule has 1 heterocycles. The molecule has 1 aromatic carbocycles. The lowest BCUT2D eigenvalue weighted by Gasteiger charge is -2.23. The van der Waals surface area contributed by atoms with Gasteiger partial charge in [0.2, 0.25) is 11.8 Å². The van der Waals surface area contributed by atoms with Crippen molar-refractivity contribution in [3.63, 3.8) is 0 Å². The molecule has 25 heavy (non-hydrogen) atoms. The zero-order chi connectivity index (χ0) is 18.6. The Morgan fingerprint density at radius 1 is 1.00 bits per heavy atom. The van der Waals surface area contributed by atoms with Crippen LogP contribution < -0.4 is 10.6 Å². The molecule has 2 rings (SSSR count). The lowest BCUT2D eigenvalue weighted by molar-refractivity contribution is -0.138. The van der Waals surface area contributed by atoms with E-state index in [9.17, 15) is 22.8 Å². The Hall–Kier alpha value is -2.90. The largest absolute Gasteiger partial charge is 0.351 e. The molecule has 0 aliphatic carbocycles. The third-order valence-corrected chi connectivity index (χ3v) is 3.62. The van der Waals surface area contributed by atoms with Crippen LogP contribution >= 0.6 is 0 Å². The molecule has 0 saturated carbocycles. The van der Waals surface area contributed by atoms with Crippen LogP contribution in [0.1, 0.15) is 19.4 Å². The van der Waals surface area contributed by atoms with E-state index in [4.69, 9.17) is 0 Å². The first-order chi connectivity index (χ1) is 11.7. The summed E-state index contributed by atoms with van der Waals surface area (Å²) in [4.78, 5) is 28.4. The van der Waals surface area contributed by atoms with E-state index in [1.165, 1.54) is 13.8 Å². The van der Waals surface area contributed by atoms with Crippen LogP contribution in [0.3, 0.4) is 0 Å². The number of nitrogens with one attached hydrogen (secondary N) is 2. The molecule has 132 valence electrons. The molecule has 2 N–H and O–H groups in total. The number of hydrogen-bond donors (Lipinski definition) is 2. The molecule has 5 nitrogen and oxygen atoms in total. The number of halogens is 3. The molecule has 0 saturated heterocycles. The molecule has 2 amide bonds. The highest BCUT2D eigenvalue weighted by Crippen LogP contribution is 2.23. The van der Waals surface area contributed by atoms with Crippen LogP contribution in [0.2, 0.25) is 0 Å². The van der Waals surface area contributed by atoms with Crippen molar-refractivity contribution in [1.82, 2.24) is 10.3 Å². The number of benzene rings is 1. The Kier molecular flexibility index (Phi) is 5.41. The molecular weight excluding hydrogens is 335 g/mol. The van der Waals surface area contributed by atoms with Gasteiger partial charge in [-0.2, -0.15) is 0 Å². The number of amides is 2. The predicted octanol–water partition coefficient (Wildman–Crippen LogP) is 2.78. The summed E-state index contributed by atoms with van der Waals surface area (Å²) in [5.74, 6) is -6.06. The number of hydrogen-bond acceptors (Lipinski definition) is 3. The second kappa shape index (κ2) is 7.33. The van der Waals surface area contributed by atoms with Crippen LogP contribution in [0.15, 0.2) is 36.7 Å². The maximum atomic E-state index is 13.6. The number of anilines is 1. The average Bonchev–Trinajstić information content (AvgIpc) is 2.60. The van der Waals surface area contributed by atoms with Gasteiger partial charge in [-0.15, -0.1) is 0 Å². The van der Waals surface area contributed by atoms with Crippen molar-refractivity contribution in [3.05, 3.63) is 59.7 Å². The summed E-state index contributed by atoms with van der Waals surface area (Å²) in [6, 6.07) is 4.97. The molecule has 1 aromatic heterocycles. The van der Waals surface area contributed by atoms with Crippen molar-refractivity contribution in [2.24, 2.45) is 5.41 Å². The second-order valence-electron chi connectivity index (χ2n) is 5.84. The summed E-state index contributed by atoms with van der Waals surface area (Å²) in [5.41, 5.74) is -1.32. The van der Waals surface area contributed by atoms with Crippen molar-refractivity contribution in [3.8, 4) is 0 Å². The van der Waals surface area contributed by atoms with E-state index in [0.29, 0.717) is 6.07 Å². The van der Waals surface area contributed by atoms with Gasteiger partial charge < -0.3 is 10.6 Å². The lowest BCUT2D eigenvalue weighted by atomic mass is 9.90. The van der Waals surface area contributed by atoms with Gasteiger partial charge in [-0.3, -0.25) is 14.6 Å². The monoisotopic (exact) mass is 351 g/mol. The third-order valence-electron chi connectivity index (χ3n) is 3.62. The highest BCUT2D eigenvalue weighted by molar-refractivity contribution is 6.09. The van der Waals surface area contributed by atoms with Gasteiger partial charge >= 0.3 is 0 Å². The minimum Gasteiger partial charge on any atom is -0.351 e. The molecule has 0 fully saturated rings. The summed E-state index contributed by atoms with van der Waals surface area (Å²) >= 11 is 0. The fourth-order valence-electron chi connectivity index (χ4n) is 1.91. The van der Waals surface area contributed by atoms with E-state index in [1.54, 1.807) is 24.5 Å². The van der Waals surface area contributed by atoms with Crippen molar-refractivity contribution < 1.29 is 22.8 Å². The molecule has 0 unspecified atom stereocenters. The zero-order valence-electron chi connectivity index (χ0n) is 13.6. The van der Waals surface area contributed by atoms with Crippen molar-refractivity contribution >= 4 is 17.5 Å². The second-order valence-corrected chi connectivity index (χ2v) is 5.84. The minimum absolute atomic E-state index is 0.178. The Morgan fingerprint density at radius 2 is 1.64 bits per heavy atom. The zero-order valence-corrected chi connectivity index (χ0v) is 13.6. The van der Waals surface area contributed by atoms with E-state index in [2.05, 4.69) is 15.6 Å². The van der Waals surface area contributed by atoms with Gasteiger partial charge in [-0.1, -0.05) is 0 Å². The first-order valence-electron chi connectivity index (χ1n) is 7.35. The third kappa shape index (κ3) is 4.14. The Morgan fingerprint density at radius 3 is 2.28 bits per heavy atom. The summed E-state index contributed by atoms with van der Waals surface area (Å²) in [6.45, 7) is 2.85. The van der Waals surface area contributed by atoms with Gasteiger partial charge in [0.1, 0.15) is 5.41 Å². The number of rotatable bonds is 5. The van der Waals surface area contributed by atoms with E-state index >= 15 is 0 Å². The van der Waals surface area contributed by atoms with E-state index < -0.39 is 40.4 Å². The fraction of sp³-hybridized carbons (Fsp3) is 0.235. The number of nitrogens with zero attached hydrogens (tertiary/aromatic N) is 1. The van der Waals surface area contributed by atoms with E-state index in [-0.39, 0.29) is 6.54 Å². The van der Waals surface area contributed by atoms with Crippen molar-refractivity contribution in [2.45, 2.75) is 20.4 Å². The molecule has 0 spiro atoms. The number of aromatic nitrogens is 1. The first-order valence-corrected chi connectivity index (χ1v) is 7.35. The van der Waals surface area contributed by atoms with E-state index in [1.807, 2.05) is 0 Å². The summed E-state index contributed by atoms with van der Waals surface area (Å²) in [5, 5.41) is 4.69. The van der Waals surface area contributed by atoms with Crippen LogP contribution in [-0.4, -0.2) is 16.8 Å². The van der Waals surface area contributed by atoms with Crippen molar-refractivity contribution in [2.75, 3.05) is 5.32 Å². The van der Waals surface area contributed by atoms with Crippen LogP contribution in [0.25, 0.3) is 0 Å². The summed E-state index contributed by atoms with van der Waals surface area (Å²) in [6.07, 6.45) is 3.12. The Balaban J connectivity index is 2.06. The van der Waals surface area contributed by atoms with Crippen LogP contribution in [-0.2, 0) is 16.1 Å². The fourth-order valence-corrected chi connectivity index (χ4v) is 1.91. The molecule has 0 atom stereocenters. The van der Waals surface area contributed by atoms with Crippen LogP contribution in [0.5, 0.6) is 0 Å². The molecule has 0 radical (unpaired) electrons. The van der Waals surface area contributed by atoms with Crippen molar-refractivity contribution in [1.29, 1.82) is 0 Å². The van der Waals surface area contributed by atoms with Gasteiger partial charge in [0.05, 0.1) is 5.69 Å². The summed E-state index contributed by atoms with van der Waals surface area (Å²) < 4.78 is 39.8.